The number of aliphatic imine (C=N–C) groups is 1. The maximum Gasteiger partial charge on any atom is 0.188 e. The maximum absolute atomic E-state index is 5.86. The highest BCUT2D eigenvalue weighted by atomic mass is 32.1. The third-order valence-corrected chi connectivity index (χ3v) is 4.32. The second kappa shape index (κ2) is 8.42. The van der Waals surface area contributed by atoms with Crippen LogP contribution in [0.2, 0.25) is 0 Å². The van der Waals surface area contributed by atoms with Crippen LogP contribution in [-0.2, 0) is 19.3 Å². The van der Waals surface area contributed by atoms with Gasteiger partial charge in [-0.15, -0.1) is 11.3 Å². The highest BCUT2D eigenvalue weighted by Crippen LogP contribution is 2.13. The number of hydrogen-bond donors (Lipinski definition) is 2. The van der Waals surface area contributed by atoms with Crippen LogP contribution in [0.1, 0.15) is 22.4 Å². The Morgan fingerprint density at radius 2 is 2.10 bits per heavy atom. The highest BCUT2D eigenvalue weighted by Gasteiger charge is 2.00. The Morgan fingerprint density at radius 1 is 1.29 bits per heavy atom. The lowest BCUT2D eigenvalue weighted by atomic mass is 10.1. The van der Waals surface area contributed by atoms with Crippen LogP contribution in [-0.4, -0.2) is 24.0 Å². The molecule has 0 saturated heterocycles. The van der Waals surface area contributed by atoms with Crippen LogP contribution in [0.4, 0.5) is 0 Å². The molecule has 1 heterocycles. The molecule has 0 bridgehead atoms. The summed E-state index contributed by atoms with van der Waals surface area (Å²) in [5.41, 5.74) is 7.15. The second-order valence-corrected chi connectivity index (χ2v) is 5.95. The van der Waals surface area contributed by atoms with Crippen LogP contribution >= 0.6 is 11.3 Å². The Kier molecular flexibility index (Phi) is 6.22. The number of benzene rings is 1. The molecule has 0 spiro atoms. The number of aromatic nitrogens is 1. The molecular weight excluding hydrogens is 280 g/mol. The quantitative estimate of drug-likeness (QED) is 0.610. The molecule has 0 fully saturated rings. The van der Waals surface area contributed by atoms with E-state index in [-0.39, 0.29) is 0 Å². The molecule has 1 aromatic heterocycles. The van der Waals surface area contributed by atoms with E-state index in [4.69, 9.17) is 5.73 Å². The molecule has 0 aliphatic heterocycles. The van der Waals surface area contributed by atoms with E-state index in [9.17, 15) is 0 Å². The largest absolute Gasteiger partial charge is 0.370 e. The average Bonchev–Trinajstić information content (AvgIpc) is 2.96. The lowest BCUT2D eigenvalue weighted by molar-refractivity contribution is 0.843. The number of nitrogens with two attached hydrogens (primary N) is 1. The van der Waals surface area contributed by atoms with Gasteiger partial charge < -0.3 is 11.1 Å². The minimum absolute atomic E-state index is 0.512. The Hall–Kier alpha value is -1.88. The molecule has 0 unspecified atom stereocenters. The predicted molar refractivity (Wildman–Crippen MR) is 89.8 cm³/mol. The summed E-state index contributed by atoms with van der Waals surface area (Å²) in [6.45, 7) is 3.63. The minimum Gasteiger partial charge on any atom is -0.370 e. The molecule has 0 saturated carbocycles. The molecule has 5 heteroatoms. The van der Waals surface area contributed by atoms with Crippen molar-refractivity contribution in [1.29, 1.82) is 0 Å². The van der Waals surface area contributed by atoms with Crippen LogP contribution in [0.25, 0.3) is 0 Å². The number of rotatable bonds is 7. The van der Waals surface area contributed by atoms with Crippen molar-refractivity contribution in [2.45, 2.75) is 26.2 Å². The summed E-state index contributed by atoms with van der Waals surface area (Å²) in [5, 5.41) is 4.28. The van der Waals surface area contributed by atoms with E-state index in [1.54, 1.807) is 11.3 Å². The van der Waals surface area contributed by atoms with E-state index in [2.05, 4.69) is 34.3 Å². The Bertz CT molecular complexity index is 563. The molecule has 21 heavy (non-hydrogen) atoms. The first-order valence-corrected chi connectivity index (χ1v) is 8.11. The van der Waals surface area contributed by atoms with Crippen molar-refractivity contribution in [3.05, 3.63) is 52.0 Å². The predicted octanol–water partition coefficient (Wildman–Crippen LogP) is 2.40. The van der Waals surface area contributed by atoms with Gasteiger partial charge in [-0.3, -0.25) is 4.99 Å². The van der Waals surface area contributed by atoms with Gasteiger partial charge in [0, 0.05) is 30.6 Å². The fraction of sp³-hybridized carbons (Fsp3) is 0.375. The van der Waals surface area contributed by atoms with E-state index in [1.165, 1.54) is 10.4 Å². The number of nitrogens with zero attached hydrogens (tertiary/aromatic N) is 2. The Morgan fingerprint density at radius 3 is 2.81 bits per heavy atom. The smallest absolute Gasteiger partial charge is 0.188 e. The second-order valence-electron chi connectivity index (χ2n) is 4.75. The minimum atomic E-state index is 0.512. The van der Waals surface area contributed by atoms with Crippen LogP contribution in [0.3, 0.4) is 0 Å². The summed E-state index contributed by atoms with van der Waals surface area (Å²) in [6, 6.07) is 10.3. The number of nitrogens with one attached hydrogen (secondary N) is 1. The summed E-state index contributed by atoms with van der Waals surface area (Å²) in [5.74, 6) is 0.512. The van der Waals surface area contributed by atoms with Gasteiger partial charge in [-0.1, -0.05) is 37.3 Å². The number of guanidine groups is 1. The van der Waals surface area contributed by atoms with Crippen LogP contribution in [0.15, 0.2) is 41.5 Å². The first kappa shape index (κ1) is 15.5. The standard InChI is InChI=1S/C16H22N4S/c1-2-14-12-20-15(21-14)9-11-19-16(17)18-10-8-13-6-4-3-5-7-13/h3-7,12H,2,8-11H2,1H3,(H3,17,18,19). The summed E-state index contributed by atoms with van der Waals surface area (Å²) in [4.78, 5) is 10.0. The average molecular weight is 302 g/mol. The molecule has 1 aromatic carbocycles. The molecule has 4 nitrogen and oxygen atoms in total. The molecule has 0 atom stereocenters. The molecule has 0 aliphatic carbocycles. The molecule has 3 N–H and O–H groups in total. The van der Waals surface area contributed by atoms with Gasteiger partial charge >= 0.3 is 0 Å². The third kappa shape index (κ3) is 5.55. The van der Waals surface area contributed by atoms with Gasteiger partial charge in [0.05, 0.1) is 5.01 Å². The molecule has 0 radical (unpaired) electrons. The van der Waals surface area contributed by atoms with Crippen LogP contribution in [0.5, 0.6) is 0 Å². The van der Waals surface area contributed by atoms with Gasteiger partial charge in [-0.05, 0) is 18.4 Å². The van der Waals surface area contributed by atoms with Gasteiger partial charge in [-0.25, -0.2) is 4.98 Å². The Balaban J connectivity index is 1.67. The van der Waals surface area contributed by atoms with Crippen LogP contribution < -0.4 is 11.1 Å². The van der Waals surface area contributed by atoms with E-state index in [1.807, 2.05) is 24.4 Å². The van der Waals surface area contributed by atoms with Crippen molar-refractivity contribution in [3.63, 3.8) is 0 Å². The van der Waals surface area contributed by atoms with E-state index in [0.717, 1.165) is 30.8 Å². The first-order chi connectivity index (χ1) is 10.3. The van der Waals surface area contributed by atoms with Crippen LogP contribution in [0, 0.1) is 0 Å². The zero-order valence-corrected chi connectivity index (χ0v) is 13.2. The molecule has 112 valence electrons. The van der Waals surface area contributed by atoms with Crippen molar-refractivity contribution >= 4 is 17.3 Å². The fourth-order valence-electron chi connectivity index (χ4n) is 1.93. The van der Waals surface area contributed by atoms with Gasteiger partial charge in [0.25, 0.3) is 0 Å². The number of thiazole rings is 1. The summed E-state index contributed by atoms with van der Waals surface area (Å²) >= 11 is 1.76. The lowest BCUT2D eigenvalue weighted by Crippen LogP contribution is -2.33. The molecule has 0 aliphatic rings. The lowest BCUT2D eigenvalue weighted by Gasteiger charge is -2.05. The molecule has 0 amide bonds. The van der Waals surface area contributed by atoms with Crippen molar-refractivity contribution in [2.24, 2.45) is 10.7 Å². The summed E-state index contributed by atoms with van der Waals surface area (Å²) < 4.78 is 0. The van der Waals surface area contributed by atoms with E-state index < -0.39 is 0 Å². The number of aryl methyl sites for hydroxylation is 1. The first-order valence-electron chi connectivity index (χ1n) is 7.29. The molecule has 2 rings (SSSR count). The summed E-state index contributed by atoms with van der Waals surface area (Å²) in [7, 11) is 0. The molecule has 2 aromatic rings. The highest BCUT2D eigenvalue weighted by molar-refractivity contribution is 7.11. The normalized spacial score (nSPS) is 11.6. The third-order valence-electron chi connectivity index (χ3n) is 3.12. The van der Waals surface area contributed by atoms with Crippen molar-refractivity contribution in [2.75, 3.05) is 13.1 Å². The van der Waals surface area contributed by atoms with Gasteiger partial charge in [0.2, 0.25) is 0 Å². The zero-order chi connectivity index (χ0) is 14.9. The monoisotopic (exact) mass is 302 g/mol. The van der Waals surface area contributed by atoms with Crippen molar-refractivity contribution < 1.29 is 0 Å². The van der Waals surface area contributed by atoms with E-state index in [0.29, 0.717) is 12.5 Å². The summed E-state index contributed by atoms with van der Waals surface area (Å²) in [6.07, 6.45) is 4.80. The van der Waals surface area contributed by atoms with Gasteiger partial charge in [-0.2, -0.15) is 0 Å². The van der Waals surface area contributed by atoms with Gasteiger partial charge in [0.1, 0.15) is 0 Å². The van der Waals surface area contributed by atoms with Gasteiger partial charge in [0.15, 0.2) is 5.96 Å². The SMILES string of the molecule is CCc1cnc(CCN=C(N)NCCc2ccccc2)s1. The van der Waals surface area contributed by atoms with Crippen molar-refractivity contribution in [1.82, 2.24) is 10.3 Å². The molecular formula is C16H22N4S. The number of hydrogen-bond acceptors (Lipinski definition) is 3. The fourth-order valence-corrected chi connectivity index (χ4v) is 2.79. The topological polar surface area (TPSA) is 63.3 Å². The maximum atomic E-state index is 5.86. The van der Waals surface area contributed by atoms with E-state index >= 15 is 0 Å². The zero-order valence-electron chi connectivity index (χ0n) is 12.4. The Labute approximate surface area is 130 Å². The van der Waals surface area contributed by atoms with Crippen molar-refractivity contribution in [3.8, 4) is 0 Å².